The average Bonchev–Trinajstić information content (AvgIpc) is 2.84. The first-order valence-electron chi connectivity index (χ1n) is 6.76. The van der Waals surface area contributed by atoms with Gasteiger partial charge in [0.1, 0.15) is 5.78 Å². The van der Waals surface area contributed by atoms with Crippen molar-refractivity contribution in [1.82, 2.24) is 0 Å². The van der Waals surface area contributed by atoms with Crippen LogP contribution in [0.25, 0.3) is 0 Å². The van der Waals surface area contributed by atoms with Gasteiger partial charge in [0.25, 0.3) is 0 Å². The Labute approximate surface area is 104 Å². The highest BCUT2D eigenvalue weighted by Gasteiger charge is 2.22. The molecule has 0 N–H and O–H groups in total. The Balaban J connectivity index is 1.93. The molecule has 92 valence electrons. The standard InChI is InChI=1S/C16H22O/c1-12-6-5-9-14(13(12)2)10-11-16(17)15-7-3-4-8-15/h5-6,9,15H,3-4,7-8,10-11H2,1-2H3. The molecular formula is C16H22O. The largest absolute Gasteiger partial charge is 0.299 e. The summed E-state index contributed by atoms with van der Waals surface area (Å²) in [5, 5.41) is 0. The summed E-state index contributed by atoms with van der Waals surface area (Å²) in [6, 6.07) is 6.39. The van der Waals surface area contributed by atoms with Gasteiger partial charge in [-0.05, 0) is 49.8 Å². The number of ketones is 1. The van der Waals surface area contributed by atoms with Crippen molar-refractivity contribution in [3.8, 4) is 0 Å². The van der Waals surface area contributed by atoms with E-state index in [4.69, 9.17) is 0 Å². The van der Waals surface area contributed by atoms with Gasteiger partial charge < -0.3 is 0 Å². The SMILES string of the molecule is Cc1cccc(CCC(=O)C2CCCC2)c1C. The van der Waals surface area contributed by atoms with Crippen LogP contribution in [0.4, 0.5) is 0 Å². The molecule has 0 unspecified atom stereocenters. The number of hydrogen-bond acceptors (Lipinski definition) is 1. The number of aryl methyl sites for hydroxylation is 2. The Morgan fingerprint density at radius 2 is 1.94 bits per heavy atom. The van der Waals surface area contributed by atoms with Crippen LogP contribution in [0.3, 0.4) is 0 Å². The molecule has 0 bridgehead atoms. The lowest BCUT2D eigenvalue weighted by atomic mass is 9.94. The summed E-state index contributed by atoms with van der Waals surface area (Å²) in [4.78, 5) is 12.0. The van der Waals surface area contributed by atoms with Gasteiger partial charge >= 0.3 is 0 Å². The molecule has 1 saturated carbocycles. The van der Waals surface area contributed by atoms with Gasteiger partial charge in [-0.3, -0.25) is 4.79 Å². The molecule has 0 aliphatic heterocycles. The van der Waals surface area contributed by atoms with Crippen LogP contribution in [-0.2, 0) is 11.2 Å². The topological polar surface area (TPSA) is 17.1 Å². The Bertz CT molecular complexity index is 400. The van der Waals surface area contributed by atoms with E-state index in [9.17, 15) is 4.79 Å². The Morgan fingerprint density at radius 1 is 1.24 bits per heavy atom. The molecule has 0 heterocycles. The Kier molecular flexibility index (Phi) is 3.98. The van der Waals surface area contributed by atoms with Crippen LogP contribution in [0, 0.1) is 19.8 Å². The molecule has 1 aliphatic rings. The van der Waals surface area contributed by atoms with Crippen LogP contribution in [0.2, 0.25) is 0 Å². The number of hydrogen-bond donors (Lipinski definition) is 0. The van der Waals surface area contributed by atoms with Crippen LogP contribution in [0.15, 0.2) is 18.2 Å². The molecule has 1 aliphatic carbocycles. The van der Waals surface area contributed by atoms with Crippen molar-refractivity contribution in [2.24, 2.45) is 5.92 Å². The molecule has 1 aromatic rings. The van der Waals surface area contributed by atoms with Crippen molar-refractivity contribution in [2.75, 3.05) is 0 Å². The molecule has 1 aromatic carbocycles. The van der Waals surface area contributed by atoms with E-state index in [0.717, 1.165) is 25.7 Å². The highest BCUT2D eigenvalue weighted by atomic mass is 16.1. The maximum atomic E-state index is 12.0. The van der Waals surface area contributed by atoms with Crippen LogP contribution in [0.1, 0.15) is 48.8 Å². The molecular weight excluding hydrogens is 208 g/mol. The fourth-order valence-corrected chi connectivity index (χ4v) is 2.79. The first-order valence-corrected chi connectivity index (χ1v) is 6.76. The second kappa shape index (κ2) is 5.48. The predicted molar refractivity (Wildman–Crippen MR) is 71.2 cm³/mol. The van der Waals surface area contributed by atoms with Gasteiger partial charge in [0.2, 0.25) is 0 Å². The molecule has 0 radical (unpaired) electrons. The fourth-order valence-electron chi connectivity index (χ4n) is 2.79. The summed E-state index contributed by atoms with van der Waals surface area (Å²) in [5.41, 5.74) is 4.03. The molecule has 1 heteroatoms. The average molecular weight is 230 g/mol. The summed E-state index contributed by atoms with van der Waals surface area (Å²) in [6.45, 7) is 4.29. The highest BCUT2D eigenvalue weighted by molar-refractivity contribution is 5.81. The van der Waals surface area contributed by atoms with Crippen LogP contribution in [-0.4, -0.2) is 5.78 Å². The number of Topliss-reactive ketones (excluding diaryl/α,β-unsaturated/α-hetero) is 1. The summed E-state index contributed by atoms with van der Waals surface area (Å²) in [6.07, 6.45) is 6.41. The van der Waals surface area contributed by atoms with Crippen LogP contribution >= 0.6 is 0 Å². The van der Waals surface area contributed by atoms with E-state index >= 15 is 0 Å². The van der Waals surface area contributed by atoms with Crippen molar-refractivity contribution in [3.05, 3.63) is 34.9 Å². The number of benzene rings is 1. The summed E-state index contributed by atoms with van der Waals surface area (Å²) < 4.78 is 0. The molecule has 0 spiro atoms. The highest BCUT2D eigenvalue weighted by Crippen LogP contribution is 2.27. The maximum Gasteiger partial charge on any atom is 0.136 e. The third-order valence-corrected chi connectivity index (χ3v) is 4.17. The minimum atomic E-state index is 0.375. The number of carbonyl (C=O) groups is 1. The molecule has 0 aromatic heterocycles. The lowest BCUT2D eigenvalue weighted by Crippen LogP contribution is -2.11. The van der Waals surface area contributed by atoms with Gasteiger partial charge in [-0.2, -0.15) is 0 Å². The third kappa shape index (κ3) is 2.96. The van der Waals surface area contributed by atoms with Crippen molar-refractivity contribution in [2.45, 2.75) is 52.4 Å². The minimum absolute atomic E-state index is 0.375. The first kappa shape index (κ1) is 12.3. The van der Waals surface area contributed by atoms with Crippen molar-refractivity contribution >= 4 is 5.78 Å². The number of carbonyl (C=O) groups excluding carboxylic acids is 1. The molecule has 1 nitrogen and oxygen atoms in total. The van der Waals surface area contributed by atoms with Gasteiger partial charge in [-0.25, -0.2) is 0 Å². The zero-order valence-corrected chi connectivity index (χ0v) is 11.0. The van der Waals surface area contributed by atoms with E-state index < -0.39 is 0 Å². The van der Waals surface area contributed by atoms with Crippen LogP contribution in [0.5, 0.6) is 0 Å². The Morgan fingerprint density at radius 3 is 2.65 bits per heavy atom. The monoisotopic (exact) mass is 230 g/mol. The first-order chi connectivity index (χ1) is 8.18. The van der Waals surface area contributed by atoms with E-state index in [2.05, 4.69) is 32.0 Å². The molecule has 17 heavy (non-hydrogen) atoms. The van der Waals surface area contributed by atoms with E-state index in [-0.39, 0.29) is 0 Å². The van der Waals surface area contributed by atoms with Gasteiger partial charge in [0.15, 0.2) is 0 Å². The predicted octanol–water partition coefficient (Wildman–Crippen LogP) is 4.00. The smallest absolute Gasteiger partial charge is 0.136 e. The zero-order chi connectivity index (χ0) is 12.3. The fraction of sp³-hybridized carbons (Fsp3) is 0.562. The van der Waals surface area contributed by atoms with Gasteiger partial charge in [-0.1, -0.05) is 31.0 Å². The van der Waals surface area contributed by atoms with Gasteiger partial charge in [-0.15, -0.1) is 0 Å². The lowest BCUT2D eigenvalue weighted by molar-refractivity contribution is -0.122. The third-order valence-electron chi connectivity index (χ3n) is 4.17. The Hall–Kier alpha value is -1.11. The second-order valence-electron chi connectivity index (χ2n) is 5.31. The quantitative estimate of drug-likeness (QED) is 0.764. The molecule has 1 fully saturated rings. The zero-order valence-electron chi connectivity index (χ0n) is 11.0. The van der Waals surface area contributed by atoms with E-state index in [1.165, 1.54) is 29.5 Å². The summed E-state index contributed by atoms with van der Waals surface area (Å²) >= 11 is 0. The molecule has 0 amide bonds. The lowest BCUT2D eigenvalue weighted by Gasteiger charge is -2.10. The van der Waals surface area contributed by atoms with Gasteiger partial charge in [0.05, 0.1) is 0 Å². The van der Waals surface area contributed by atoms with Crippen molar-refractivity contribution < 1.29 is 4.79 Å². The van der Waals surface area contributed by atoms with Crippen LogP contribution < -0.4 is 0 Å². The summed E-state index contributed by atoms with van der Waals surface area (Å²) in [7, 11) is 0. The maximum absolute atomic E-state index is 12.0. The van der Waals surface area contributed by atoms with E-state index in [1.807, 2.05) is 0 Å². The molecule has 0 saturated heterocycles. The minimum Gasteiger partial charge on any atom is -0.299 e. The van der Waals surface area contributed by atoms with E-state index in [1.54, 1.807) is 0 Å². The summed E-state index contributed by atoms with van der Waals surface area (Å²) in [5.74, 6) is 0.864. The van der Waals surface area contributed by atoms with Crippen molar-refractivity contribution in [1.29, 1.82) is 0 Å². The second-order valence-corrected chi connectivity index (χ2v) is 5.31. The molecule has 0 atom stereocenters. The number of rotatable bonds is 4. The van der Waals surface area contributed by atoms with E-state index in [0.29, 0.717) is 11.7 Å². The van der Waals surface area contributed by atoms with Gasteiger partial charge in [0, 0.05) is 12.3 Å². The molecule has 2 rings (SSSR count). The van der Waals surface area contributed by atoms with Crippen molar-refractivity contribution in [3.63, 3.8) is 0 Å². The normalized spacial score (nSPS) is 16.4.